The van der Waals surface area contributed by atoms with Crippen molar-refractivity contribution in [2.45, 2.75) is 37.8 Å². The second-order valence-electron chi connectivity index (χ2n) is 4.89. The molecule has 0 aliphatic rings. The number of carbonyl (C=O) groups is 2. The molecule has 1 aromatic carbocycles. The highest BCUT2D eigenvalue weighted by molar-refractivity contribution is 7.89. The Morgan fingerprint density at radius 1 is 1.21 bits per heavy atom. The Labute approximate surface area is 150 Å². The van der Waals surface area contributed by atoms with E-state index in [1.807, 2.05) is 0 Å². The Bertz CT molecular complexity index is 724. The standard InChI is InChI=1S/C14H18Cl2N2O5S/c1-4-17-13(19)9(3)23-14(20)8(2)18-24(21,22)10-5-6-11(15)12(16)7-10/h5-9,18H,4H2,1-3H3,(H,17,19)/t8-,9-/m0/s1. The summed E-state index contributed by atoms with van der Waals surface area (Å²) in [5.41, 5.74) is 0. The summed E-state index contributed by atoms with van der Waals surface area (Å²) in [5.74, 6) is -1.34. The normalized spacial score (nSPS) is 13.9. The maximum absolute atomic E-state index is 12.2. The fraction of sp³-hybridized carbons (Fsp3) is 0.429. The lowest BCUT2D eigenvalue weighted by Crippen LogP contribution is -2.43. The van der Waals surface area contributed by atoms with E-state index in [9.17, 15) is 18.0 Å². The van der Waals surface area contributed by atoms with Gasteiger partial charge in [0.25, 0.3) is 5.91 Å². The highest BCUT2D eigenvalue weighted by Gasteiger charge is 2.26. The third-order valence-electron chi connectivity index (χ3n) is 2.90. The van der Waals surface area contributed by atoms with Crippen LogP contribution >= 0.6 is 23.2 Å². The molecule has 7 nitrogen and oxygen atoms in total. The molecule has 0 fully saturated rings. The van der Waals surface area contributed by atoms with Crippen molar-refractivity contribution in [3.8, 4) is 0 Å². The highest BCUT2D eigenvalue weighted by atomic mass is 35.5. The van der Waals surface area contributed by atoms with Gasteiger partial charge in [-0.2, -0.15) is 4.72 Å². The van der Waals surface area contributed by atoms with E-state index in [-0.39, 0.29) is 14.9 Å². The van der Waals surface area contributed by atoms with E-state index in [1.54, 1.807) is 6.92 Å². The van der Waals surface area contributed by atoms with Crippen LogP contribution in [0, 0.1) is 0 Å². The van der Waals surface area contributed by atoms with Gasteiger partial charge in [-0.3, -0.25) is 9.59 Å². The second-order valence-corrected chi connectivity index (χ2v) is 7.42. The average molecular weight is 397 g/mol. The number of likely N-dealkylation sites (N-methyl/N-ethyl adjacent to an activating group) is 1. The van der Waals surface area contributed by atoms with Crippen LogP contribution in [0.4, 0.5) is 0 Å². The number of halogens is 2. The number of benzene rings is 1. The molecular formula is C14H18Cl2N2O5S. The quantitative estimate of drug-likeness (QED) is 0.683. The lowest BCUT2D eigenvalue weighted by molar-refractivity contribution is -0.156. The maximum atomic E-state index is 12.2. The van der Waals surface area contributed by atoms with Gasteiger partial charge in [0.1, 0.15) is 6.04 Å². The summed E-state index contributed by atoms with van der Waals surface area (Å²) in [7, 11) is -4.00. The van der Waals surface area contributed by atoms with Gasteiger partial charge in [-0.05, 0) is 39.0 Å². The molecule has 0 saturated heterocycles. The lowest BCUT2D eigenvalue weighted by Gasteiger charge is -2.17. The van der Waals surface area contributed by atoms with E-state index in [0.717, 1.165) is 0 Å². The van der Waals surface area contributed by atoms with Crippen LogP contribution in [0.25, 0.3) is 0 Å². The first-order chi connectivity index (χ1) is 11.1. The number of esters is 1. The first-order valence-electron chi connectivity index (χ1n) is 7.04. The molecule has 0 heterocycles. The van der Waals surface area contributed by atoms with Crippen molar-refractivity contribution >= 4 is 45.1 Å². The second kappa shape index (κ2) is 8.66. The summed E-state index contributed by atoms with van der Waals surface area (Å²) in [6.45, 7) is 4.81. The third-order valence-corrected chi connectivity index (χ3v) is 5.18. The van der Waals surface area contributed by atoms with Crippen LogP contribution < -0.4 is 10.0 Å². The summed E-state index contributed by atoms with van der Waals surface area (Å²) in [4.78, 5) is 23.3. The van der Waals surface area contributed by atoms with Gasteiger partial charge in [-0.25, -0.2) is 8.42 Å². The van der Waals surface area contributed by atoms with Gasteiger partial charge < -0.3 is 10.1 Å². The van der Waals surface area contributed by atoms with Crippen molar-refractivity contribution in [2.75, 3.05) is 6.54 Å². The van der Waals surface area contributed by atoms with Crippen LogP contribution in [0.1, 0.15) is 20.8 Å². The van der Waals surface area contributed by atoms with E-state index in [4.69, 9.17) is 27.9 Å². The number of nitrogens with one attached hydrogen (secondary N) is 2. The van der Waals surface area contributed by atoms with Crippen molar-refractivity contribution in [3.05, 3.63) is 28.2 Å². The zero-order valence-electron chi connectivity index (χ0n) is 13.3. The SMILES string of the molecule is CCNC(=O)[C@H](C)OC(=O)[C@H](C)NS(=O)(=O)c1ccc(Cl)c(Cl)c1. The zero-order valence-corrected chi connectivity index (χ0v) is 15.6. The van der Waals surface area contributed by atoms with E-state index < -0.39 is 34.0 Å². The summed E-state index contributed by atoms with van der Waals surface area (Å²) in [6, 6.07) is 2.56. The fourth-order valence-electron chi connectivity index (χ4n) is 1.64. The van der Waals surface area contributed by atoms with E-state index >= 15 is 0 Å². The van der Waals surface area contributed by atoms with Crippen molar-refractivity contribution in [1.82, 2.24) is 10.0 Å². The van der Waals surface area contributed by atoms with Crippen molar-refractivity contribution in [1.29, 1.82) is 0 Å². The number of hydrogen-bond donors (Lipinski definition) is 2. The van der Waals surface area contributed by atoms with Gasteiger partial charge in [-0.15, -0.1) is 0 Å². The Hall–Kier alpha value is -1.35. The highest BCUT2D eigenvalue weighted by Crippen LogP contribution is 2.24. The molecule has 1 aromatic rings. The van der Waals surface area contributed by atoms with Crippen molar-refractivity contribution < 1.29 is 22.7 Å². The molecule has 1 rings (SSSR count). The molecule has 0 unspecified atom stereocenters. The number of ether oxygens (including phenoxy) is 1. The van der Waals surface area contributed by atoms with Crippen LogP contribution in [-0.4, -0.2) is 39.0 Å². The molecule has 10 heteroatoms. The van der Waals surface area contributed by atoms with Gasteiger partial charge in [0.2, 0.25) is 10.0 Å². The predicted octanol–water partition coefficient (Wildman–Crippen LogP) is 1.73. The number of amides is 1. The van der Waals surface area contributed by atoms with Gasteiger partial charge >= 0.3 is 5.97 Å². The van der Waals surface area contributed by atoms with Crippen LogP contribution in [0.15, 0.2) is 23.1 Å². The molecule has 0 bridgehead atoms. The topological polar surface area (TPSA) is 102 Å². The van der Waals surface area contributed by atoms with Gasteiger partial charge in [0.05, 0.1) is 14.9 Å². The van der Waals surface area contributed by atoms with Crippen LogP contribution in [0.3, 0.4) is 0 Å². The van der Waals surface area contributed by atoms with E-state index in [1.165, 1.54) is 32.0 Å². The summed E-state index contributed by atoms with van der Waals surface area (Å²) < 4.78 is 31.6. The molecule has 0 radical (unpaired) electrons. The minimum atomic E-state index is -4.00. The molecule has 2 N–H and O–H groups in total. The Morgan fingerprint density at radius 2 is 1.83 bits per heavy atom. The van der Waals surface area contributed by atoms with Crippen LogP contribution in [0.5, 0.6) is 0 Å². The van der Waals surface area contributed by atoms with Gasteiger partial charge in [-0.1, -0.05) is 23.2 Å². The van der Waals surface area contributed by atoms with Crippen LogP contribution in [-0.2, 0) is 24.3 Å². The van der Waals surface area contributed by atoms with Gasteiger partial charge in [0, 0.05) is 6.54 Å². The average Bonchev–Trinajstić information content (AvgIpc) is 2.49. The predicted molar refractivity (Wildman–Crippen MR) is 90.5 cm³/mol. The number of rotatable bonds is 7. The number of carbonyl (C=O) groups excluding carboxylic acids is 2. The first kappa shape index (κ1) is 20.7. The molecule has 0 aromatic heterocycles. The van der Waals surface area contributed by atoms with Crippen molar-refractivity contribution in [3.63, 3.8) is 0 Å². The molecule has 2 atom stereocenters. The first-order valence-corrected chi connectivity index (χ1v) is 9.28. The molecule has 0 spiro atoms. The molecule has 0 saturated carbocycles. The molecule has 0 aliphatic heterocycles. The largest absolute Gasteiger partial charge is 0.451 e. The monoisotopic (exact) mass is 396 g/mol. The molecule has 0 aliphatic carbocycles. The summed E-state index contributed by atoms with van der Waals surface area (Å²) in [6.07, 6.45) is -1.03. The summed E-state index contributed by atoms with van der Waals surface area (Å²) in [5, 5.41) is 2.77. The minimum absolute atomic E-state index is 0.0691. The van der Waals surface area contributed by atoms with E-state index in [2.05, 4.69) is 10.0 Å². The maximum Gasteiger partial charge on any atom is 0.324 e. The lowest BCUT2D eigenvalue weighted by atomic mass is 10.3. The Kier molecular flexibility index (Phi) is 7.47. The molecular weight excluding hydrogens is 379 g/mol. The summed E-state index contributed by atoms with van der Waals surface area (Å²) >= 11 is 11.5. The Morgan fingerprint density at radius 3 is 2.38 bits per heavy atom. The van der Waals surface area contributed by atoms with E-state index in [0.29, 0.717) is 6.54 Å². The zero-order chi connectivity index (χ0) is 18.5. The molecule has 134 valence electrons. The van der Waals surface area contributed by atoms with Gasteiger partial charge in [0.15, 0.2) is 6.10 Å². The Balaban J connectivity index is 2.77. The van der Waals surface area contributed by atoms with Crippen LogP contribution in [0.2, 0.25) is 10.0 Å². The fourth-order valence-corrected chi connectivity index (χ4v) is 3.22. The smallest absolute Gasteiger partial charge is 0.324 e. The number of sulfonamides is 1. The molecule has 24 heavy (non-hydrogen) atoms. The van der Waals surface area contributed by atoms with Crippen molar-refractivity contribution in [2.24, 2.45) is 0 Å². The molecule has 1 amide bonds. The minimum Gasteiger partial charge on any atom is -0.451 e. The number of hydrogen-bond acceptors (Lipinski definition) is 5. The third kappa shape index (κ3) is 5.62.